The number of aromatic nitrogens is 1. The van der Waals surface area contributed by atoms with Gasteiger partial charge in [0.25, 0.3) is 5.91 Å². The van der Waals surface area contributed by atoms with Crippen molar-refractivity contribution in [1.82, 2.24) is 4.57 Å². The first kappa shape index (κ1) is 23.1. The monoisotopic (exact) mass is 479 g/mol. The minimum atomic E-state index is -0.441. The molecule has 36 heavy (non-hydrogen) atoms. The van der Waals surface area contributed by atoms with Gasteiger partial charge in [-0.1, -0.05) is 36.4 Å². The molecule has 0 saturated carbocycles. The van der Waals surface area contributed by atoms with Gasteiger partial charge in [0.2, 0.25) is 5.91 Å². The van der Waals surface area contributed by atoms with Crippen LogP contribution in [0.5, 0.6) is 5.75 Å². The molecule has 0 spiro atoms. The van der Waals surface area contributed by atoms with Crippen molar-refractivity contribution in [3.05, 3.63) is 114 Å². The third-order valence-electron chi connectivity index (χ3n) is 6.10. The fourth-order valence-electron chi connectivity index (χ4n) is 4.40. The average molecular weight is 480 g/mol. The van der Waals surface area contributed by atoms with E-state index < -0.39 is 5.97 Å². The zero-order chi connectivity index (χ0) is 25.1. The quantitative estimate of drug-likeness (QED) is 0.329. The Morgan fingerprint density at radius 1 is 0.861 bits per heavy atom. The molecule has 0 saturated heterocycles. The third kappa shape index (κ3) is 4.90. The first-order valence-corrected chi connectivity index (χ1v) is 11.7. The number of fused-ring (bicyclic) bond motifs is 2. The summed E-state index contributed by atoms with van der Waals surface area (Å²) in [6.07, 6.45) is 2.08. The lowest BCUT2D eigenvalue weighted by atomic mass is 10.1. The highest BCUT2D eigenvalue weighted by Crippen LogP contribution is 2.29. The molecule has 5 rings (SSSR count). The maximum atomic E-state index is 13.5. The van der Waals surface area contributed by atoms with Crippen LogP contribution in [0.1, 0.15) is 34.1 Å². The lowest BCUT2D eigenvalue weighted by Crippen LogP contribution is -2.30. The van der Waals surface area contributed by atoms with E-state index >= 15 is 0 Å². The SMILES string of the molecule is CC(=O)Oc1ccccc1CC(=O)Nc1ccc(C(=O)N2Cc3cccn3Cc3ccccc32)cc1. The van der Waals surface area contributed by atoms with Crippen LogP contribution in [0.25, 0.3) is 0 Å². The molecule has 7 heteroatoms. The van der Waals surface area contributed by atoms with Crippen molar-refractivity contribution < 1.29 is 19.1 Å². The van der Waals surface area contributed by atoms with Gasteiger partial charge in [-0.25, -0.2) is 0 Å². The van der Waals surface area contributed by atoms with Crippen molar-refractivity contribution in [3.63, 3.8) is 0 Å². The van der Waals surface area contributed by atoms with Crippen LogP contribution in [0.4, 0.5) is 11.4 Å². The number of hydrogen-bond donors (Lipinski definition) is 1. The largest absolute Gasteiger partial charge is 0.426 e. The van der Waals surface area contributed by atoms with Crippen molar-refractivity contribution in [1.29, 1.82) is 0 Å². The molecule has 180 valence electrons. The van der Waals surface area contributed by atoms with Gasteiger partial charge in [0.1, 0.15) is 5.75 Å². The Labute approximate surface area is 208 Å². The highest BCUT2D eigenvalue weighted by Gasteiger charge is 2.24. The molecule has 1 aromatic heterocycles. The first-order valence-electron chi connectivity index (χ1n) is 11.7. The molecule has 1 N–H and O–H groups in total. The average Bonchev–Trinajstić information content (AvgIpc) is 3.24. The lowest BCUT2D eigenvalue weighted by Gasteiger charge is -2.23. The molecule has 4 aromatic rings. The van der Waals surface area contributed by atoms with Gasteiger partial charge in [0.05, 0.1) is 13.0 Å². The van der Waals surface area contributed by atoms with Crippen LogP contribution in [0.2, 0.25) is 0 Å². The minimum absolute atomic E-state index is 0.0499. The third-order valence-corrected chi connectivity index (χ3v) is 6.10. The molecule has 0 unspecified atom stereocenters. The van der Waals surface area contributed by atoms with Crippen molar-refractivity contribution in [2.45, 2.75) is 26.4 Å². The van der Waals surface area contributed by atoms with Gasteiger partial charge in [-0.2, -0.15) is 0 Å². The van der Waals surface area contributed by atoms with Crippen molar-refractivity contribution in [2.75, 3.05) is 10.2 Å². The number of carbonyl (C=O) groups excluding carboxylic acids is 3. The summed E-state index contributed by atoms with van der Waals surface area (Å²) in [7, 11) is 0. The number of hydrogen-bond acceptors (Lipinski definition) is 4. The summed E-state index contributed by atoms with van der Waals surface area (Å²) < 4.78 is 7.34. The van der Waals surface area contributed by atoms with Crippen LogP contribution in [-0.4, -0.2) is 22.4 Å². The van der Waals surface area contributed by atoms with Gasteiger partial charge >= 0.3 is 5.97 Å². The van der Waals surface area contributed by atoms with Crippen molar-refractivity contribution in [3.8, 4) is 5.75 Å². The molecule has 7 nitrogen and oxygen atoms in total. The molecular weight excluding hydrogens is 454 g/mol. The number of ether oxygens (including phenoxy) is 1. The predicted molar refractivity (Wildman–Crippen MR) is 137 cm³/mol. The lowest BCUT2D eigenvalue weighted by molar-refractivity contribution is -0.132. The van der Waals surface area contributed by atoms with E-state index in [0.717, 1.165) is 16.9 Å². The van der Waals surface area contributed by atoms with Gasteiger partial charge in [-0.05, 0) is 54.1 Å². The summed E-state index contributed by atoms with van der Waals surface area (Å²) in [5, 5.41) is 2.84. The number of nitrogens with zero attached hydrogens (tertiary/aromatic N) is 2. The summed E-state index contributed by atoms with van der Waals surface area (Å²) in [6, 6.07) is 25.8. The number of rotatable bonds is 5. The van der Waals surface area contributed by atoms with E-state index in [0.29, 0.717) is 35.7 Å². The van der Waals surface area contributed by atoms with Crippen LogP contribution in [0.3, 0.4) is 0 Å². The zero-order valence-electron chi connectivity index (χ0n) is 19.8. The van der Waals surface area contributed by atoms with E-state index in [1.165, 1.54) is 6.92 Å². The highest BCUT2D eigenvalue weighted by atomic mass is 16.5. The molecule has 3 aromatic carbocycles. The zero-order valence-corrected chi connectivity index (χ0v) is 19.8. The summed E-state index contributed by atoms with van der Waals surface area (Å²) in [4.78, 5) is 39.3. The summed E-state index contributed by atoms with van der Waals surface area (Å²) >= 11 is 0. The molecule has 2 amide bonds. The Hall–Kier alpha value is -4.65. The maximum Gasteiger partial charge on any atom is 0.308 e. The highest BCUT2D eigenvalue weighted by molar-refractivity contribution is 6.07. The van der Waals surface area contributed by atoms with Gasteiger partial charge in [-0.15, -0.1) is 0 Å². The van der Waals surface area contributed by atoms with Gasteiger partial charge in [0, 0.05) is 47.9 Å². The molecule has 0 aliphatic carbocycles. The second kappa shape index (κ2) is 9.92. The Bertz CT molecular complexity index is 1440. The Balaban J connectivity index is 1.30. The Morgan fingerprint density at radius 2 is 1.61 bits per heavy atom. The number of amides is 2. The van der Waals surface area contributed by atoms with E-state index in [1.807, 2.05) is 42.6 Å². The van der Waals surface area contributed by atoms with Crippen LogP contribution in [-0.2, 0) is 29.1 Å². The predicted octanol–water partition coefficient (Wildman–Crippen LogP) is 4.80. The number of esters is 1. The van der Waals surface area contributed by atoms with Crippen molar-refractivity contribution in [2.24, 2.45) is 0 Å². The van der Waals surface area contributed by atoms with E-state index in [4.69, 9.17) is 4.74 Å². The second-order valence-electron chi connectivity index (χ2n) is 8.65. The van der Waals surface area contributed by atoms with E-state index in [1.54, 1.807) is 53.4 Å². The Morgan fingerprint density at radius 3 is 2.42 bits per heavy atom. The second-order valence-corrected chi connectivity index (χ2v) is 8.65. The van der Waals surface area contributed by atoms with Crippen molar-refractivity contribution >= 4 is 29.2 Å². The number of carbonyl (C=O) groups is 3. The number of nitrogens with one attached hydrogen (secondary N) is 1. The number of benzene rings is 3. The molecule has 0 radical (unpaired) electrons. The van der Waals surface area contributed by atoms with E-state index in [2.05, 4.69) is 9.88 Å². The molecule has 2 heterocycles. The summed E-state index contributed by atoms with van der Waals surface area (Å²) in [5.74, 6) is -0.436. The normalized spacial score (nSPS) is 12.2. The standard InChI is InChI=1S/C29H25N3O4/c1-20(33)36-27-11-5-3-7-22(27)17-28(34)30-24-14-12-21(13-15-24)29(35)32-19-25-9-6-16-31(25)18-23-8-2-4-10-26(23)32/h2-16H,17-19H2,1H3,(H,30,34). The van der Waals surface area contributed by atoms with Crippen LogP contribution in [0, 0.1) is 0 Å². The minimum Gasteiger partial charge on any atom is -0.426 e. The fraction of sp³-hybridized carbons (Fsp3) is 0.138. The smallest absolute Gasteiger partial charge is 0.308 e. The topological polar surface area (TPSA) is 80.6 Å². The molecule has 1 aliphatic heterocycles. The molecule has 0 bridgehead atoms. The van der Waals surface area contributed by atoms with E-state index in [9.17, 15) is 14.4 Å². The van der Waals surface area contributed by atoms with Crippen LogP contribution in [0.15, 0.2) is 91.1 Å². The molecule has 1 aliphatic rings. The molecular formula is C29H25N3O4. The van der Waals surface area contributed by atoms with Crippen LogP contribution >= 0.6 is 0 Å². The molecule has 0 atom stereocenters. The maximum absolute atomic E-state index is 13.5. The number of anilines is 2. The summed E-state index contributed by atoms with van der Waals surface area (Å²) in [6.45, 7) is 2.51. The van der Waals surface area contributed by atoms with Crippen LogP contribution < -0.4 is 15.0 Å². The Kier molecular flexibility index (Phi) is 6.36. The van der Waals surface area contributed by atoms with Gasteiger partial charge in [-0.3, -0.25) is 14.4 Å². The van der Waals surface area contributed by atoms with Gasteiger partial charge in [0.15, 0.2) is 0 Å². The summed E-state index contributed by atoms with van der Waals surface area (Å²) in [5.41, 5.74) is 4.77. The first-order chi connectivity index (χ1) is 17.5. The fourth-order valence-corrected chi connectivity index (χ4v) is 4.40. The van der Waals surface area contributed by atoms with E-state index in [-0.39, 0.29) is 18.2 Å². The molecule has 0 fully saturated rings. The van der Waals surface area contributed by atoms with Gasteiger partial charge < -0.3 is 19.5 Å². The number of para-hydroxylation sites is 2.